The van der Waals surface area contributed by atoms with E-state index >= 15 is 0 Å². The summed E-state index contributed by atoms with van der Waals surface area (Å²) in [4.78, 5) is 13.3. The minimum atomic E-state index is 0.562. The average molecular weight is 348 g/mol. The maximum absolute atomic E-state index is 5.63. The van der Waals surface area contributed by atoms with Gasteiger partial charge in [-0.2, -0.15) is 0 Å². The topological polar surface area (TPSA) is 58.3 Å². The Bertz CT molecular complexity index is 620. The number of nitrogen functional groups attached to an aromatic ring is 1. The molecule has 2 aromatic rings. The Morgan fingerprint density at radius 3 is 2.38 bits per heavy atom. The summed E-state index contributed by atoms with van der Waals surface area (Å²) in [7, 11) is 0. The molecule has 0 unspecified atom stereocenters. The fraction of sp³-hybridized carbons (Fsp3) is 0.333. The third-order valence-electron chi connectivity index (χ3n) is 3.77. The zero-order valence-corrected chi connectivity index (χ0v) is 13.5. The van der Waals surface area contributed by atoms with Gasteiger partial charge in [0.25, 0.3) is 0 Å². The van der Waals surface area contributed by atoms with E-state index in [1.54, 1.807) is 0 Å². The molecule has 5 nitrogen and oxygen atoms in total. The van der Waals surface area contributed by atoms with Gasteiger partial charge in [0.15, 0.2) is 0 Å². The molecule has 0 aliphatic carbocycles. The van der Waals surface area contributed by atoms with Crippen molar-refractivity contribution in [3.63, 3.8) is 0 Å². The zero-order valence-electron chi connectivity index (χ0n) is 12.0. The molecule has 6 heteroatoms. The van der Waals surface area contributed by atoms with Crippen LogP contribution in [0.2, 0.25) is 0 Å². The van der Waals surface area contributed by atoms with Crippen LogP contribution in [0.3, 0.4) is 0 Å². The highest BCUT2D eigenvalue weighted by molar-refractivity contribution is 9.10. The van der Waals surface area contributed by atoms with Crippen LogP contribution in [0.1, 0.15) is 5.56 Å². The van der Waals surface area contributed by atoms with Crippen LogP contribution >= 0.6 is 15.9 Å². The number of nitrogens with two attached hydrogens (primary N) is 1. The summed E-state index contributed by atoms with van der Waals surface area (Å²) in [6, 6.07) is 6.01. The molecule has 0 spiro atoms. The van der Waals surface area contributed by atoms with Crippen molar-refractivity contribution in [2.24, 2.45) is 0 Å². The van der Waals surface area contributed by atoms with Gasteiger partial charge < -0.3 is 15.5 Å². The molecule has 2 N–H and O–H groups in total. The van der Waals surface area contributed by atoms with Gasteiger partial charge in [0.2, 0.25) is 0 Å². The number of piperazine rings is 1. The second kappa shape index (κ2) is 5.89. The predicted octanol–water partition coefficient (Wildman–Crippen LogP) is 2.46. The summed E-state index contributed by atoms with van der Waals surface area (Å²) in [5.74, 6) is 1.61. The third kappa shape index (κ3) is 3.10. The van der Waals surface area contributed by atoms with Crippen molar-refractivity contribution in [1.29, 1.82) is 0 Å². The lowest BCUT2D eigenvalue weighted by Gasteiger charge is -2.36. The molecule has 1 fully saturated rings. The lowest BCUT2D eigenvalue weighted by molar-refractivity contribution is 0.646. The Morgan fingerprint density at radius 2 is 1.76 bits per heavy atom. The van der Waals surface area contributed by atoms with E-state index < -0.39 is 0 Å². The second-order valence-electron chi connectivity index (χ2n) is 5.21. The summed E-state index contributed by atoms with van der Waals surface area (Å²) in [5.41, 5.74) is 7.97. The maximum atomic E-state index is 5.63. The van der Waals surface area contributed by atoms with Gasteiger partial charge in [-0.25, -0.2) is 9.97 Å². The van der Waals surface area contributed by atoms with Gasteiger partial charge >= 0.3 is 0 Å². The van der Waals surface area contributed by atoms with Gasteiger partial charge in [-0.05, 0) is 46.6 Å². The van der Waals surface area contributed by atoms with Crippen LogP contribution in [0.15, 0.2) is 35.1 Å². The maximum Gasteiger partial charge on any atom is 0.128 e. The normalized spacial score (nSPS) is 15.3. The van der Waals surface area contributed by atoms with Crippen LogP contribution in [0, 0.1) is 6.92 Å². The van der Waals surface area contributed by atoms with Gasteiger partial charge in [-0.1, -0.05) is 0 Å². The highest BCUT2D eigenvalue weighted by Crippen LogP contribution is 2.22. The molecule has 1 aliphatic heterocycles. The molecule has 1 aliphatic rings. The lowest BCUT2D eigenvalue weighted by Crippen LogP contribution is -2.46. The van der Waals surface area contributed by atoms with Crippen molar-refractivity contribution >= 4 is 33.3 Å². The second-order valence-corrected chi connectivity index (χ2v) is 6.06. The van der Waals surface area contributed by atoms with Crippen molar-refractivity contribution in [2.75, 3.05) is 41.7 Å². The zero-order chi connectivity index (χ0) is 14.8. The van der Waals surface area contributed by atoms with E-state index in [9.17, 15) is 0 Å². The first kappa shape index (κ1) is 14.1. The quantitative estimate of drug-likeness (QED) is 0.904. The van der Waals surface area contributed by atoms with Crippen LogP contribution in [0.5, 0.6) is 0 Å². The average Bonchev–Trinajstić information content (AvgIpc) is 2.51. The Kier molecular flexibility index (Phi) is 3.96. The van der Waals surface area contributed by atoms with Gasteiger partial charge in [-0.3, -0.25) is 0 Å². The molecule has 0 saturated carbocycles. The Hall–Kier alpha value is -1.82. The fourth-order valence-corrected chi connectivity index (χ4v) is 2.69. The largest absolute Gasteiger partial charge is 0.384 e. The first-order chi connectivity index (χ1) is 10.1. The fourth-order valence-electron chi connectivity index (χ4n) is 2.48. The van der Waals surface area contributed by atoms with E-state index in [0.29, 0.717) is 5.82 Å². The van der Waals surface area contributed by atoms with Crippen molar-refractivity contribution in [3.8, 4) is 0 Å². The van der Waals surface area contributed by atoms with Crippen LogP contribution in [0.4, 0.5) is 17.3 Å². The smallest absolute Gasteiger partial charge is 0.128 e. The number of hydrogen-bond acceptors (Lipinski definition) is 5. The minimum absolute atomic E-state index is 0.562. The van der Waals surface area contributed by atoms with Gasteiger partial charge in [0.05, 0.1) is 11.9 Å². The molecule has 0 amide bonds. The number of pyridine rings is 2. The summed E-state index contributed by atoms with van der Waals surface area (Å²) in [6.45, 7) is 5.92. The Morgan fingerprint density at radius 1 is 1.05 bits per heavy atom. The lowest BCUT2D eigenvalue weighted by atomic mass is 10.2. The predicted molar refractivity (Wildman–Crippen MR) is 89.7 cm³/mol. The number of hydrogen-bond donors (Lipinski definition) is 1. The Balaban J connectivity index is 1.67. The van der Waals surface area contributed by atoms with Crippen LogP contribution < -0.4 is 15.5 Å². The molecule has 2 aromatic heterocycles. The van der Waals surface area contributed by atoms with E-state index in [4.69, 9.17) is 5.73 Å². The van der Waals surface area contributed by atoms with Crippen LogP contribution in [-0.4, -0.2) is 36.1 Å². The number of anilines is 3. The molecular formula is C15H18BrN5. The number of aryl methyl sites for hydroxylation is 1. The van der Waals surface area contributed by atoms with Crippen molar-refractivity contribution < 1.29 is 0 Å². The number of nitrogens with zero attached hydrogens (tertiary/aromatic N) is 4. The molecule has 1 saturated heterocycles. The minimum Gasteiger partial charge on any atom is -0.384 e. The van der Waals surface area contributed by atoms with Gasteiger partial charge in [0.1, 0.15) is 11.6 Å². The van der Waals surface area contributed by atoms with E-state index in [2.05, 4.69) is 48.7 Å². The molecule has 0 radical (unpaired) electrons. The van der Waals surface area contributed by atoms with Crippen molar-refractivity contribution in [1.82, 2.24) is 9.97 Å². The Labute approximate surface area is 132 Å². The molecule has 0 aromatic carbocycles. The SMILES string of the molecule is Cc1cc(N2CCN(c3ccc(N)nc3)CC2)ncc1Br. The molecule has 0 atom stereocenters. The van der Waals surface area contributed by atoms with E-state index in [-0.39, 0.29) is 0 Å². The third-order valence-corrected chi connectivity index (χ3v) is 4.60. The van der Waals surface area contributed by atoms with E-state index in [1.807, 2.05) is 24.5 Å². The summed E-state index contributed by atoms with van der Waals surface area (Å²) < 4.78 is 1.05. The van der Waals surface area contributed by atoms with E-state index in [1.165, 1.54) is 5.56 Å². The van der Waals surface area contributed by atoms with Crippen molar-refractivity contribution in [2.45, 2.75) is 6.92 Å². The molecule has 3 heterocycles. The summed E-state index contributed by atoms with van der Waals surface area (Å²) in [6.07, 6.45) is 3.72. The molecule has 21 heavy (non-hydrogen) atoms. The van der Waals surface area contributed by atoms with Crippen molar-refractivity contribution in [3.05, 3.63) is 40.6 Å². The first-order valence-electron chi connectivity index (χ1n) is 6.97. The molecular weight excluding hydrogens is 330 g/mol. The molecule has 3 rings (SSSR count). The summed E-state index contributed by atoms with van der Waals surface area (Å²) >= 11 is 3.49. The first-order valence-corrected chi connectivity index (χ1v) is 7.76. The highest BCUT2D eigenvalue weighted by Gasteiger charge is 2.18. The van der Waals surface area contributed by atoms with Gasteiger partial charge in [-0.15, -0.1) is 0 Å². The van der Waals surface area contributed by atoms with Crippen LogP contribution in [-0.2, 0) is 0 Å². The number of rotatable bonds is 2. The molecule has 0 bridgehead atoms. The monoisotopic (exact) mass is 347 g/mol. The number of aromatic nitrogens is 2. The van der Waals surface area contributed by atoms with Crippen LogP contribution in [0.25, 0.3) is 0 Å². The standard InChI is InChI=1S/C15H18BrN5/c1-11-8-15(19-10-13(11)16)21-6-4-20(5-7-21)12-2-3-14(17)18-9-12/h2-3,8-10H,4-7H2,1H3,(H2,17,18). The van der Waals surface area contributed by atoms with Gasteiger partial charge in [0, 0.05) is 36.8 Å². The highest BCUT2D eigenvalue weighted by atomic mass is 79.9. The number of halogens is 1. The summed E-state index contributed by atoms with van der Waals surface area (Å²) in [5, 5.41) is 0. The molecule has 110 valence electrons. The van der Waals surface area contributed by atoms with E-state index in [0.717, 1.165) is 42.2 Å².